The number of rotatable bonds is 4. The minimum atomic E-state index is -2.70. The standard InChI is InChI=1S/C24H21F3N2O.2CH2O/c25-21-16-18(23(26)27)10-11-22(21)28-12-14-29(15-13-28)24(30)20-9-5-4-8-19(20)17-6-2-1-3-7-17;2*1-2/h1-11,16,23H,12-15H2;2*1H2. The summed E-state index contributed by atoms with van der Waals surface area (Å²) in [6.07, 6.45) is -2.70. The molecule has 0 saturated carbocycles. The van der Waals surface area contributed by atoms with Crippen LogP contribution in [0.4, 0.5) is 18.9 Å². The molecule has 1 heterocycles. The minimum absolute atomic E-state index is 0.0670. The number of carbonyl (C=O) groups is 3. The molecule has 1 saturated heterocycles. The van der Waals surface area contributed by atoms with Gasteiger partial charge in [-0.1, -0.05) is 54.6 Å². The zero-order valence-electron chi connectivity index (χ0n) is 18.5. The third-order valence-electron chi connectivity index (χ3n) is 5.37. The number of hydrogen-bond donors (Lipinski definition) is 0. The maximum Gasteiger partial charge on any atom is 0.263 e. The number of hydrogen-bond acceptors (Lipinski definition) is 4. The molecule has 34 heavy (non-hydrogen) atoms. The summed E-state index contributed by atoms with van der Waals surface area (Å²) in [7, 11) is 0. The summed E-state index contributed by atoms with van der Waals surface area (Å²) >= 11 is 0. The molecule has 5 nitrogen and oxygen atoms in total. The molecule has 3 aromatic rings. The van der Waals surface area contributed by atoms with Gasteiger partial charge in [-0.2, -0.15) is 0 Å². The normalized spacial score (nSPS) is 12.8. The molecule has 0 atom stereocenters. The van der Waals surface area contributed by atoms with Gasteiger partial charge in [0.05, 0.1) is 5.69 Å². The van der Waals surface area contributed by atoms with E-state index < -0.39 is 12.2 Å². The second kappa shape index (κ2) is 12.9. The van der Waals surface area contributed by atoms with Gasteiger partial charge in [0, 0.05) is 37.3 Å². The molecule has 0 aliphatic carbocycles. The average molecular weight is 470 g/mol. The number of carbonyl (C=O) groups excluding carboxylic acids is 3. The van der Waals surface area contributed by atoms with Gasteiger partial charge >= 0.3 is 0 Å². The second-order valence-corrected chi connectivity index (χ2v) is 7.20. The molecule has 0 radical (unpaired) electrons. The van der Waals surface area contributed by atoms with E-state index in [1.54, 1.807) is 9.80 Å². The van der Waals surface area contributed by atoms with E-state index >= 15 is 0 Å². The third kappa shape index (κ3) is 6.10. The predicted molar refractivity (Wildman–Crippen MR) is 126 cm³/mol. The maximum atomic E-state index is 14.3. The zero-order valence-corrected chi connectivity index (χ0v) is 18.5. The molecular formula is C26H25F3N2O3. The van der Waals surface area contributed by atoms with Crippen LogP contribution >= 0.6 is 0 Å². The number of nitrogens with zero attached hydrogens (tertiary/aromatic N) is 2. The van der Waals surface area contributed by atoms with E-state index in [1.807, 2.05) is 68.2 Å². The first-order chi connectivity index (χ1) is 16.5. The molecule has 1 fully saturated rings. The van der Waals surface area contributed by atoms with Crippen LogP contribution < -0.4 is 4.90 Å². The number of alkyl halides is 2. The first-order valence-electron chi connectivity index (χ1n) is 10.4. The SMILES string of the molecule is C=O.C=O.O=C(c1ccccc1-c1ccccc1)N1CCN(c2ccc(C(F)F)cc2F)CC1. The van der Waals surface area contributed by atoms with Gasteiger partial charge in [-0.25, -0.2) is 13.2 Å². The lowest BCUT2D eigenvalue weighted by Crippen LogP contribution is -2.49. The van der Waals surface area contributed by atoms with Crippen molar-refractivity contribution in [3.8, 4) is 11.1 Å². The molecule has 0 aromatic heterocycles. The molecule has 1 amide bonds. The highest BCUT2D eigenvalue weighted by atomic mass is 19.3. The zero-order chi connectivity index (χ0) is 25.1. The van der Waals surface area contributed by atoms with Crippen molar-refractivity contribution in [3.63, 3.8) is 0 Å². The summed E-state index contributed by atoms with van der Waals surface area (Å²) in [5.74, 6) is -0.732. The molecule has 0 unspecified atom stereocenters. The predicted octanol–water partition coefficient (Wildman–Crippen LogP) is 5.02. The lowest BCUT2D eigenvalue weighted by molar-refractivity contribution is -0.0987. The van der Waals surface area contributed by atoms with Crippen molar-refractivity contribution in [1.29, 1.82) is 0 Å². The summed E-state index contributed by atoms with van der Waals surface area (Å²) in [5, 5.41) is 0. The Labute approximate surface area is 196 Å². The number of amides is 1. The van der Waals surface area contributed by atoms with Crippen LogP contribution in [0.2, 0.25) is 0 Å². The average Bonchev–Trinajstić information content (AvgIpc) is 2.91. The molecule has 3 aromatic carbocycles. The molecule has 1 aliphatic rings. The number of halogens is 3. The van der Waals surface area contributed by atoms with Crippen molar-refractivity contribution in [2.45, 2.75) is 6.43 Å². The fraction of sp³-hybridized carbons (Fsp3) is 0.192. The Kier molecular flexibility index (Phi) is 10.0. The second-order valence-electron chi connectivity index (χ2n) is 7.20. The Morgan fingerprint density at radius 2 is 1.38 bits per heavy atom. The van der Waals surface area contributed by atoms with Crippen LogP contribution in [0.15, 0.2) is 72.8 Å². The van der Waals surface area contributed by atoms with E-state index in [1.165, 1.54) is 12.1 Å². The van der Waals surface area contributed by atoms with Crippen molar-refractivity contribution in [3.05, 3.63) is 89.7 Å². The Morgan fingerprint density at radius 1 is 0.794 bits per heavy atom. The minimum Gasteiger partial charge on any atom is -0.366 e. The van der Waals surface area contributed by atoms with E-state index in [0.717, 1.165) is 17.2 Å². The third-order valence-corrected chi connectivity index (χ3v) is 5.37. The van der Waals surface area contributed by atoms with E-state index in [2.05, 4.69) is 0 Å². The van der Waals surface area contributed by atoms with Gasteiger partial charge in [-0.15, -0.1) is 0 Å². The van der Waals surface area contributed by atoms with E-state index in [0.29, 0.717) is 31.7 Å². The Morgan fingerprint density at radius 3 is 1.97 bits per heavy atom. The van der Waals surface area contributed by atoms with Crippen LogP contribution in [0, 0.1) is 5.82 Å². The van der Waals surface area contributed by atoms with Crippen LogP contribution in [0.1, 0.15) is 22.3 Å². The van der Waals surface area contributed by atoms with Gasteiger partial charge in [0.1, 0.15) is 19.4 Å². The molecule has 178 valence electrons. The van der Waals surface area contributed by atoms with Gasteiger partial charge in [-0.3, -0.25) is 4.79 Å². The van der Waals surface area contributed by atoms with Gasteiger partial charge in [-0.05, 0) is 29.3 Å². The molecular weight excluding hydrogens is 445 g/mol. The largest absolute Gasteiger partial charge is 0.366 e. The molecule has 1 aliphatic heterocycles. The van der Waals surface area contributed by atoms with Crippen molar-refractivity contribution in [1.82, 2.24) is 4.90 Å². The van der Waals surface area contributed by atoms with Crippen molar-refractivity contribution < 1.29 is 27.6 Å². The van der Waals surface area contributed by atoms with E-state index in [-0.39, 0.29) is 17.2 Å². The summed E-state index contributed by atoms with van der Waals surface area (Å²) < 4.78 is 39.8. The summed E-state index contributed by atoms with van der Waals surface area (Å²) in [6.45, 7) is 5.73. The lowest BCUT2D eigenvalue weighted by atomic mass is 9.98. The van der Waals surface area contributed by atoms with Crippen molar-refractivity contribution >= 4 is 25.2 Å². The first kappa shape index (κ1) is 26.3. The van der Waals surface area contributed by atoms with Crippen LogP contribution in [-0.4, -0.2) is 50.6 Å². The number of anilines is 1. The number of benzene rings is 3. The van der Waals surface area contributed by atoms with Crippen LogP contribution in [0.3, 0.4) is 0 Å². The first-order valence-corrected chi connectivity index (χ1v) is 10.4. The Hall–Kier alpha value is -3.94. The van der Waals surface area contributed by atoms with Crippen LogP contribution in [0.5, 0.6) is 0 Å². The molecule has 0 bridgehead atoms. The van der Waals surface area contributed by atoms with Gasteiger partial charge in [0.2, 0.25) is 0 Å². The molecule has 4 rings (SSSR count). The van der Waals surface area contributed by atoms with E-state index in [4.69, 9.17) is 9.59 Å². The molecule has 8 heteroatoms. The van der Waals surface area contributed by atoms with E-state index in [9.17, 15) is 18.0 Å². The Bertz CT molecular complexity index is 1070. The van der Waals surface area contributed by atoms with Gasteiger partial charge < -0.3 is 19.4 Å². The molecule has 0 spiro atoms. The lowest BCUT2D eigenvalue weighted by Gasteiger charge is -2.36. The summed E-state index contributed by atoms with van der Waals surface area (Å²) in [4.78, 5) is 32.7. The topological polar surface area (TPSA) is 57.7 Å². The fourth-order valence-electron chi connectivity index (χ4n) is 3.78. The highest BCUT2D eigenvalue weighted by Crippen LogP contribution is 2.28. The van der Waals surface area contributed by atoms with Crippen molar-refractivity contribution in [2.75, 3.05) is 31.1 Å². The van der Waals surface area contributed by atoms with Crippen LogP contribution in [0.25, 0.3) is 11.1 Å². The number of piperazine rings is 1. The van der Waals surface area contributed by atoms with Gasteiger partial charge in [0.25, 0.3) is 12.3 Å². The fourth-order valence-corrected chi connectivity index (χ4v) is 3.78. The van der Waals surface area contributed by atoms with Crippen LogP contribution in [-0.2, 0) is 9.59 Å². The maximum absolute atomic E-state index is 14.3. The summed E-state index contributed by atoms with van der Waals surface area (Å²) in [5.41, 5.74) is 2.43. The Balaban J connectivity index is 0.000000970. The summed E-state index contributed by atoms with van der Waals surface area (Å²) in [6, 6.07) is 20.7. The smallest absolute Gasteiger partial charge is 0.263 e. The highest BCUT2D eigenvalue weighted by Gasteiger charge is 2.25. The highest BCUT2D eigenvalue weighted by molar-refractivity contribution is 6.01. The quantitative estimate of drug-likeness (QED) is 0.537. The molecule has 0 N–H and O–H groups in total. The van der Waals surface area contributed by atoms with Crippen molar-refractivity contribution in [2.24, 2.45) is 0 Å². The van der Waals surface area contributed by atoms with Gasteiger partial charge in [0.15, 0.2) is 0 Å². The monoisotopic (exact) mass is 470 g/mol.